The number of nitrogens with zero attached hydrogens (tertiary/aromatic N) is 1. The van der Waals surface area contributed by atoms with Crippen LogP contribution in [-0.2, 0) is 10.9 Å². The number of alkyl halides is 3. The minimum atomic E-state index is -4.47. The van der Waals surface area contributed by atoms with Crippen molar-refractivity contribution >= 4 is 11.7 Å². The lowest BCUT2D eigenvalue weighted by Gasteiger charge is -2.08. The first-order chi connectivity index (χ1) is 10.7. The van der Waals surface area contributed by atoms with E-state index < -0.39 is 17.7 Å². The van der Waals surface area contributed by atoms with Crippen molar-refractivity contribution in [3.05, 3.63) is 52.7 Å². The molecule has 1 N–H and O–H groups in total. The zero-order chi connectivity index (χ0) is 17.2. The largest absolute Gasteiger partial charge is 0.455 e. The number of aryl methyl sites for hydroxylation is 2. The summed E-state index contributed by atoms with van der Waals surface area (Å²) in [7, 11) is 0. The van der Waals surface area contributed by atoms with E-state index in [9.17, 15) is 18.0 Å². The van der Waals surface area contributed by atoms with Gasteiger partial charge in [-0.25, -0.2) is 9.78 Å². The van der Waals surface area contributed by atoms with Crippen molar-refractivity contribution in [1.82, 2.24) is 4.98 Å². The molecule has 1 heterocycles. The van der Waals surface area contributed by atoms with Gasteiger partial charge in [-0.05, 0) is 31.2 Å². The number of esters is 1. The van der Waals surface area contributed by atoms with Crippen molar-refractivity contribution in [2.45, 2.75) is 20.0 Å². The van der Waals surface area contributed by atoms with Crippen LogP contribution in [-0.4, -0.2) is 23.3 Å². The highest BCUT2D eigenvalue weighted by molar-refractivity contribution is 5.99. The predicted molar refractivity (Wildman–Crippen MR) is 74.5 cm³/mol. The molecule has 0 aliphatic rings. The van der Waals surface area contributed by atoms with Gasteiger partial charge < -0.3 is 9.15 Å². The van der Waals surface area contributed by atoms with Gasteiger partial charge in [0, 0.05) is 6.92 Å². The number of hydrogen-bond donors (Lipinski definition) is 1. The topological polar surface area (TPSA) is 76.2 Å². The summed E-state index contributed by atoms with van der Waals surface area (Å²) in [5.41, 5.74) is -0.465. The van der Waals surface area contributed by atoms with Gasteiger partial charge in [0.1, 0.15) is 12.3 Å². The molecule has 2 rings (SSSR count). The molecule has 1 aromatic carbocycles. The van der Waals surface area contributed by atoms with Crippen LogP contribution in [0.1, 0.15) is 33.3 Å². The Morgan fingerprint density at radius 1 is 1.26 bits per heavy atom. The van der Waals surface area contributed by atoms with Gasteiger partial charge in [0.05, 0.1) is 16.8 Å². The Hall–Kier alpha value is -2.64. The summed E-state index contributed by atoms with van der Waals surface area (Å²) < 4.78 is 47.4. The van der Waals surface area contributed by atoms with E-state index in [0.717, 1.165) is 24.3 Å². The van der Waals surface area contributed by atoms with Crippen LogP contribution in [0.5, 0.6) is 0 Å². The number of oxazole rings is 1. The molecular weight excluding hydrogens is 313 g/mol. The van der Waals surface area contributed by atoms with Gasteiger partial charge in [0.2, 0.25) is 0 Å². The summed E-state index contributed by atoms with van der Waals surface area (Å²) in [6.07, 6.45) is -4.47. The highest BCUT2D eigenvalue weighted by Crippen LogP contribution is 2.29. The van der Waals surface area contributed by atoms with Crippen LogP contribution in [0, 0.1) is 19.3 Å². The minimum absolute atomic E-state index is 0.0312. The first-order valence-electron chi connectivity index (χ1n) is 6.54. The number of nitrogens with one attached hydrogen (secondary N) is 1. The highest BCUT2D eigenvalue weighted by atomic mass is 19.4. The van der Waals surface area contributed by atoms with E-state index in [1.807, 2.05) is 0 Å². The lowest BCUT2D eigenvalue weighted by atomic mass is 10.1. The van der Waals surface area contributed by atoms with Crippen LogP contribution in [0.3, 0.4) is 0 Å². The molecule has 0 fully saturated rings. The first kappa shape index (κ1) is 16.7. The lowest BCUT2D eigenvalue weighted by Crippen LogP contribution is -2.15. The van der Waals surface area contributed by atoms with E-state index in [1.54, 1.807) is 13.8 Å². The number of aromatic nitrogens is 1. The van der Waals surface area contributed by atoms with E-state index >= 15 is 0 Å². The Morgan fingerprint density at radius 2 is 1.87 bits per heavy atom. The fourth-order valence-corrected chi connectivity index (χ4v) is 1.89. The van der Waals surface area contributed by atoms with Crippen LogP contribution in [0.15, 0.2) is 28.7 Å². The Morgan fingerprint density at radius 3 is 2.35 bits per heavy atom. The molecule has 0 saturated heterocycles. The molecule has 0 saturated carbocycles. The minimum Gasteiger partial charge on any atom is -0.455 e. The van der Waals surface area contributed by atoms with E-state index in [4.69, 9.17) is 14.6 Å². The van der Waals surface area contributed by atoms with Crippen LogP contribution in [0.2, 0.25) is 0 Å². The van der Waals surface area contributed by atoms with Crippen molar-refractivity contribution in [2.75, 3.05) is 6.61 Å². The lowest BCUT2D eigenvalue weighted by molar-refractivity contribution is -0.137. The van der Waals surface area contributed by atoms with Gasteiger partial charge in [0.25, 0.3) is 0 Å². The summed E-state index contributed by atoms with van der Waals surface area (Å²) >= 11 is 0. The van der Waals surface area contributed by atoms with Crippen LogP contribution >= 0.6 is 0 Å². The summed E-state index contributed by atoms with van der Waals surface area (Å²) in [5, 5.41) is 7.80. The number of ether oxygens (including phenoxy) is 1. The van der Waals surface area contributed by atoms with Gasteiger partial charge in [-0.15, -0.1) is 0 Å². The second-order valence-electron chi connectivity index (χ2n) is 4.78. The molecule has 0 aliphatic heterocycles. The predicted octanol–water partition coefficient (Wildman–Crippen LogP) is 3.54. The molecular formula is C15H13F3N2O3. The summed E-state index contributed by atoms with van der Waals surface area (Å²) in [4.78, 5) is 15.8. The standard InChI is InChI=1S/C15H13F3N2O3/c1-8-13(23-9(2)20-8)12(19)7-22-14(21)10-3-5-11(6-4-10)15(16,17)18/h3-6,19H,7H2,1-2H3. The molecule has 122 valence electrons. The molecule has 0 bridgehead atoms. The van der Waals surface area contributed by atoms with Crippen LogP contribution < -0.4 is 0 Å². The normalized spacial score (nSPS) is 11.3. The van der Waals surface area contributed by atoms with E-state index in [2.05, 4.69) is 4.98 Å². The number of benzene rings is 1. The summed E-state index contributed by atoms with van der Waals surface area (Å²) in [5.74, 6) is -0.226. The van der Waals surface area contributed by atoms with Gasteiger partial charge in [0.15, 0.2) is 11.7 Å². The molecule has 5 nitrogen and oxygen atoms in total. The fraction of sp³-hybridized carbons (Fsp3) is 0.267. The fourth-order valence-electron chi connectivity index (χ4n) is 1.89. The molecule has 8 heteroatoms. The molecule has 0 unspecified atom stereocenters. The number of rotatable bonds is 4. The van der Waals surface area contributed by atoms with Crippen LogP contribution in [0.4, 0.5) is 13.2 Å². The number of carbonyl (C=O) groups excluding carboxylic acids is 1. The third kappa shape index (κ3) is 3.97. The number of carbonyl (C=O) groups is 1. The monoisotopic (exact) mass is 326 g/mol. The van der Waals surface area contributed by atoms with Crippen molar-refractivity contribution in [2.24, 2.45) is 0 Å². The molecule has 0 aliphatic carbocycles. The van der Waals surface area contributed by atoms with Gasteiger partial charge >= 0.3 is 12.1 Å². The van der Waals surface area contributed by atoms with Crippen molar-refractivity contribution in [1.29, 1.82) is 5.41 Å². The molecule has 0 amide bonds. The SMILES string of the molecule is Cc1nc(C)c(C(=N)COC(=O)c2ccc(C(F)(F)F)cc2)o1. The Kier molecular flexibility index (Phi) is 4.53. The van der Waals surface area contributed by atoms with E-state index in [-0.39, 0.29) is 23.6 Å². The average Bonchev–Trinajstić information content (AvgIpc) is 2.82. The van der Waals surface area contributed by atoms with Crippen LogP contribution in [0.25, 0.3) is 0 Å². The van der Waals surface area contributed by atoms with Gasteiger partial charge in [-0.3, -0.25) is 5.41 Å². The maximum absolute atomic E-state index is 12.4. The highest BCUT2D eigenvalue weighted by Gasteiger charge is 2.30. The number of halogens is 3. The zero-order valence-corrected chi connectivity index (χ0v) is 12.3. The number of hydrogen-bond acceptors (Lipinski definition) is 5. The molecule has 23 heavy (non-hydrogen) atoms. The van der Waals surface area contributed by atoms with E-state index in [0.29, 0.717) is 11.6 Å². The smallest absolute Gasteiger partial charge is 0.416 e. The third-order valence-corrected chi connectivity index (χ3v) is 2.97. The Balaban J connectivity index is 2.00. The zero-order valence-electron chi connectivity index (χ0n) is 12.3. The molecule has 0 atom stereocenters. The summed E-state index contributed by atoms with van der Waals surface area (Å²) in [6.45, 7) is 2.91. The van der Waals surface area contributed by atoms with Crippen molar-refractivity contribution in [3.63, 3.8) is 0 Å². The van der Waals surface area contributed by atoms with Gasteiger partial charge in [-0.1, -0.05) is 0 Å². The Bertz CT molecular complexity index is 733. The maximum Gasteiger partial charge on any atom is 0.416 e. The quantitative estimate of drug-likeness (QED) is 0.689. The van der Waals surface area contributed by atoms with Crippen molar-refractivity contribution < 1.29 is 27.1 Å². The van der Waals surface area contributed by atoms with E-state index in [1.165, 1.54) is 0 Å². The van der Waals surface area contributed by atoms with Crippen molar-refractivity contribution in [3.8, 4) is 0 Å². The first-order valence-corrected chi connectivity index (χ1v) is 6.54. The summed E-state index contributed by atoms with van der Waals surface area (Å²) in [6, 6.07) is 3.65. The average molecular weight is 326 g/mol. The van der Waals surface area contributed by atoms with Gasteiger partial charge in [-0.2, -0.15) is 13.2 Å². The third-order valence-electron chi connectivity index (χ3n) is 2.97. The molecule has 0 spiro atoms. The maximum atomic E-state index is 12.4. The Labute approximate surface area is 129 Å². The molecule has 0 radical (unpaired) electrons. The molecule has 2 aromatic rings. The second kappa shape index (κ2) is 6.23. The second-order valence-corrected chi connectivity index (χ2v) is 4.78. The molecule has 1 aromatic heterocycles.